The fourth-order valence-electron chi connectivity index (χ4n) is 1.83. The highest BCUT2D eigenvalue weighted by atomic mass is 127. The van der Waals surface area contributed by atoms with Gasteiger partial charge in [-0.2, -0.15) is 0 Å². The normalized spacial score (nSPS) is 12.5. The number of nitrogens with zero attached hydrogens (tertiary/aromatic N) is 1. The zero-order chi connectivity index (χ0) is 12.4. The van der Waals surface area contributed by atoms with Crippen molar-refractivity contribution in [2.24, 2.45) is 7.05 Å². The summed E-state index contributed by atoms with van der Waals surface area (Å²) < 4.78 is 12.6. The van der Waals surface area contributed by atoms with Crippen molar-refractivity contribution in [3.05, 3.63) is 53.9 Å². The molecule has 0 atom stereocenters. The summed E-state index contributed by atoms with van der Waals surface area (Å²) in [7, 11) is 2.01. The summed E-state index contributed by atoms with van der Waals surface area (Å²) in [5, 5.41) is 0. The first-order valence-corrected chi connectivity index (χ1v) is 5.84. The molecule has 2 heterocycles. The van der Waals surface area contributed by atoms with Crippen LogP contribution in [0.4, 0.5) is 0 Å². The molecule has 2 aromatic rings. The number of aromatic nitrogens is 1. The standard InChI is InChI=1S/C15H14NO2.HI/c1-16-8-6-12(7-9-16)2-3-13-4-5-14-15(10-13)18-11-17-14;/h2-10H,11H2,1H3;1H/q+1;/p-1/b3-2+;. The third kappa shape index (κ3) is 3.26. The van der Waals surface area contributed by atoms with Gasteiger partial charge in [-0.1, -0.05) is 18.2 Å². The molecule has 1 aliphatic heterocycles. The van der Waals surface area contributed by atoms with Gasteiger partial charge in [0, 0.05) is 12.1 Å². The van der Waals surface area contributed by atoms with E-state index in [1.165, 1.54) is 5.56 Å². The minimum atomic E-state index is 0. The van der Waals surface area contributed by atoms with Gasteiger partial charge in [0.05, 0.1) is 0 Å². The molecule has 0 aliphatic carbocycles. The van der Waals surface area contributed by atoms with E-state index >= 15 is 0 Å². The zero-order valence-electron chi connectivity index (χ0n) is 10.5. The lowest BCUT2D eigenvalue weighted by molar-refractivity contribution is -0.671. The van der Waals surface area contributed by atoms with Crippen molar-refractivity contribution < 1.29 is 38.0 Å². The molecule has 19 heavy (non-hydrogen) atoms. The second kappa shape index (κ2) is 6.06. The van der Waals surface area contributed by atoms with Gasteiger partial charge in [0.25, 0.3) is 0 Å². The van der Waals surface area contributed by atoms with Gasteiger partial charge >= 0.3 is 0 Å². The fraction of sp³-hybridized carbons (Fsp3) is 0.133. The quantitative estimate of drug-likeness (QED) is 0.524. The van der Waals surface area contributed by atoms with Gasteiger partial charge in [0.1, 0.15) is 7.05 Å². The molecule has 1 aliphatic rings. The molecule has 0 N–H and O–H groups in total. The summed E-state index contributed by atoms with van der Waals surface area (Å²) in [5.41, 5.74) is 2.28. The van der Waals surface area contributed by atoms with Gasteiger partial charge in [0.15, 0.2) is 23.9 Å². The Bertz CT molecular complexity index is 594. The Labute approximate surface area is 129 Å². The van der Waals surface area contributed by atoms with Crippen LogP contribution in [0.5, 0.6) is 11.5 Å². The number of ether oxygens (including phenoxy) is 2. The van der Waals surface area contributed by atoms with E-state index in [1.54, 1.807) is 0 Å². The smallest absolute Gasteiger partial charge is 0.231 e. The minimum Gasteiger partial charge on any atom is -1.00 e. The second-order valence-corrected chi connectivity index (χ2v) is 4.24. The molecule has 3 rings (SSSR count). The van der Waals surface area contributed by atoms with Crippen LogP contribution < -0.4 is 38.0 Å². The van der Waals surface area contributed by atoms with E-state index in [4.69, 9.17) is 9.47 Å². The molecule has 0 radical (unpaired) electrons. The third-order valence-corrected chi connectivity index (χ3v) is 2.87. The number of benzene rings is 1. The van der Waals surface area contributed by atoms with Crippen molar-refractivity contribution in [2.45, 2.75) is 0 Å². The largest absolute Gasteiger partial charge is 1.00 e. The molecular formula is C15H14INO2. The van der Waals surface area contributed by atoms with Crippen molar-refractivity contribution in [1.29, 1.82) is 0 Å². The summed E-state index contributed by atoms with van der Waals surface area (Å²) in [4.78, 5) is 0. The Balaban J connectivity index is 0.00000133. The Morgan fingerprint density at radius 2 is 1.63 bits per heavy atom. The predicted molar refractivity (Wildman–Crippen MR) is 69.1 cm³/mol. The highest BCUT2D eigenvalue weighted by molar-refractivity contribution is 5.70. The predicted octanol–water partition coefficient (Wildman–Crippen LogP) is -0.586. The number of hydrogen-bond donors (Lipinski definition) is 0. The molecule has 1 aromatic heterocycles. The maximum atomic E-state index is 5.35. The van der Waals surface area contributed by atoms with Gasteiger partial charge in [0.2, 0.25) is 6.79 Å². The van der Waals surface area contributed by atoms with Crippen molar-refractivity contribution in [3.63, 3.8) is 0 Å². The van der Waals surface area contributed by atoms with Gasteiger partial charge < -0.3 is 33.5 Å². The molecule has 98 valence electrons. The van der Waals surface area contributed by atoms with E-state index < -0.39 is 0 Å². The summed E-state index contributed by atoms with van der Waals surface area (Å²) >= 11 is 0. The molecule has 0 fully saturated rings. The first kappa shape index (κ1) is 13.9. The topological polar surface area (TPSA) is 22.3 Å². The van der Waals surface area contributed by atoms with Crippen LogP contribution in [0.2, 0.25) is 0 Å². The number of aryl methyl sites for hydroxylation is 1. The summed E-state index contributed by atoms with van der Waals surface area (Å²) in [6, 6.07) is 10.1. The van der Waals surface area contributed by atoms with Crippen molar-refractivity contribution in [3.8, 4) is 11.5 Å². The summed E-state index contributed by atoms with van der Waals surface area (Å²) in [5.74, 6) is 1.63. The Morgan fingerprint density at radius 1 is 0.947 bits per heavy atom. The molecule has 3 nitrogen and oxygen atoms in total. The summed E-state index contributed by atoms with van der Waals surface area (Å²) in [6.07, 6.45) is 8.20. The Hall–Kier alpha value is -1.56. The SMILES string of the molecule is C[n+]1ccc(/C=C/c2ccc3c(c2)OCO3)cc1.[I-]. The molecule has 0 amide bonds. The van der Waals surface area contributed by atoms with Crippen molar-refractivity contribution in [1.82, 2.24) is 0 Å². The van der Waals surface area contributed by atoms with Crippen LogP contribution in [-0.2, 0) is 7.05 Å². The second-order valence-electron chi connectivity index (χ2n) is 4.24. The maximum absolute atomic E-state index is 5.35. The third-order valence-electron chi connectivity index (χ3n) is 2.87. The van der Waals surface area contributed by atoms with Crippen LogP contribution >= 0.6 is 0 Å². The van der Waals surface area contributed by atoms with Crippen LogP contribution in [0.3, 0.4) is 0 Å². The van der Waals surface area contributed by atoms with Crippen molar-refractivity contribution >= 4 is 12.2 Å². The molecular weight excluding hydrogens is 353 g/mol. The fourth-order valence-corrected chi connectivity index (χ4v) is 1.83. The van der Waals surface area contributed by atoms with E-state index in [0.29, 0.717) is 6.79 Å². The first-order valence-electron chi connectivity index (χ1n) is 5.84. The van der Waals surface area contributed by atoms with E-state index in [1.807, 2.05) is 42.2 Å². The lowest BCUT2D eigenvalue weighted by atomic mass is 10.1. The van der Waals surface area contributed by atoms with Crippen LogP contribution in [-0.4, -0.2) is 6.79 Å². The number of hydrogen-bond acceptors (Lipinski definition) is 2. The zero-order valence-corrected chi connectivity index (χ0v) is 12.7. The van der Waals surface area contributed by atoms with Crippen molar-refractivity contribution in [2.75, 3.05) is 6.79 Å². The maximum Gasteiger partial charge on any atom is 0.231 e. The van der Waals surface area contributed by atoms with Crippen LogP contribution in [0.25, 0.3) is 12.2 Å². The molecule has 0 spiro atoms. The van der Waals surface area contributed by atoms with Gasteiger partial charge in [-0.3, -0.25) is 0 Å². The average molecular weight is 367 g/mol. The molecule has 0 bridgehead atoms. The summed E-state index contributed by atoms with van der Waals surface area (Å²) in [6.45, 7) is 0.317. The number of pyridine rings is 1. The van der Waals surface area contributed by atoms with Crippen LogP contribution in [0, 0.1) is 0 Å². The number of halogens is 1. The average Bonchev–Trinajstić information content (AvgIpc) is 2.85. The van der Waals surface area contributed by atoms with Gasteiger partial charge in [-0.15, -0.1) is 0 Å². The van der Waals surface area contributed by atoms with E-state index in [0.717, 1.165) is 17.1 Å². The molecule has 0 unspecified atom stereocenters. The lowest BCUT2D eigenvalue weighted by Gasteiger charge is -1.97. The highest BCUT2D eigenvalue weighted by Crippen LogP contribution is 2.32. The van der Waals surface area contributed by atoms with Gasteiger partial charge in [-0.05, 0) is 23.3 Å². The molecule has 0 saturated carbocycles. The van der Waals surface area contributed by atoms with E-state index in [9.17, 15) is 0 Å². The lowest BCUT2D eigenvalue weighted by Crippen LogP contribution is -3.00. The monoisotopic (exact) mass is 367 g/mol. The number of fused-ring (bicyclic) bond motifs is 1. The minimum absolute atomic E-state index is 0. The van der Waals surface area contributed by atoms with E-state index in [2.05, 4.69) is 24.3 Å². The number of rotatable bonds is 2. The highest BCUT2D eigenvalue weighted by Gasteiger charge is 2.11. The molecule has 4 heteroatoms. The van der Waals surface area contributed by atoms with Crippen LogP contribution in [0.1, 0.15) is 11.1 Å². The van der Waals surface area contributed by atoms with Gasteiger partial charge in [-0.25, -0.2) is 4.57 Å². The van der Waals surface area contributed by atoms with E-state index in [-0.39, 0.29) is 24.0 Å². The Kier molecular flexibility index (Phi) is 4.42. The molecule has 0 saturated heterocycles. The molecule has 1 aromatic carbocycles. The van der Waals surface area contributed by atoms with Crippen LogP contribution in [0.15, 0.2) is 42.7 Å². The Morgan fingerprint density at radius 3 is 2.42 bits per heavy atom. The first-order chi connectivity index (χ1) is 8.81.